The lowest BCUT2D eigenvalue weighted by molar-refractivity contribution is -0.114. The Morgan fingerprint density at radius 3 is 2.12 bits per heavy atom. The maximum Gasteiger partial charge on any atom is 0.258 e. The fraction of sp³-hybridized carbons (Fsp3) is 0.111. The summed E-state index contributed by atoms with van der Waals surface area (Å²) < 4.78 is 0. The summed E-state index contributed by atoms with van der Waals surface area (Å²) in [6.45, 7) is 2.67. The second-order valence-corrected chi connectivity index (χ2v) is 7.43. The largest absolute Gasteiger partial charge is 0.376 e. The minimum Gasteiger partial charge on any atom is -0.376 e. The van der Waals surface area contributed by atoms with Crippen molar-refractivity contribution >= 4 is 39.6 Å². The average Bonchev–Trinajstić information content (AvgIpc) is 2.84. The number of carbonyl (C=O) groups excluding carboxylic acids is 2. The number of benzene rings is 4. The van der Waals surface area contributed by atoms with Gasteiger partial charge in [0.25, 0.3) is 5.91 Å². The molecule has 32 heavy (non-hydrogen) atoms. The number of nitrogens with one attached hydrogen (secondary N) is 2. The minimum absolute atomic E-state index is 0.0745. The monoisotopic (exact) mass is 423 g/mol. The van der Waals surface area contributed by atoms with Gasteiger partial charge in [-0.3, -0.25) is 9.59 Å². The molecule has 4 aromatic rings. The standard InChI is InChI=1S/C27H25N3O2/c1-2-30(25-10-4-3-5-11-25)27(32)21-13-15-23(16-14-21)29-26(31)19-28-24-17-12-20-8-6-7-9-22(20)18-24/h3-18,28H,2,19H2,1H3,(H,29,31). The maximum atomic E-state index is 12.9. The SMILES string of the molecule is CCN(C(=O)c1ccc(NC(=O)CNc2ccc3ccccc3c2)cc1)c1ccccc1. The Bertz CT molecular complexity index is 1220. The van der Waals surface area contributed by atoms with Crippen LogP contribution in [0.2, 0.25) is 0 Å². The Kier molecular flexibility index (Phi) is 6.46. The van der Waals surface area contributed by atoms with Crippen LogP contribution in [-0.4, -0.2) is 24.9 Å². The number of fused-ring (bicyclic) bond motifs is 1. The summed E-state index contributed by atoms with van der Waals surface area (Å²) in [5, 5.41) is 8.30. The van der Waals surface area contributed by atoms with E-state index in [-0.39, 0.29) is 18.4 Å². The van der Waals surface area contributed by atoms with Crippen molar-refractivity contribution in [3.8, 4) is 0 Å². The second kappa shape index (κ2) is 9.79. The lowest BCUT2D eigenvalue weighted by Gasteiger charge is -2.21. The molecule has 0 spiro atoms. The first-order valence-electron chi connectivity index (χ1n) is 10.6. The summed E-state index contributed by atoms with van der Waals surface area (Å²) in [7, 11) is 0. The van der Waals surface area contributed by atoms with Crippen LogP contribution in [0.25, 0.3) is 10.8 Å². The van der Waals surface area contributed by atoms with Crippen molar-refractivity contribution in [1.82, 2.24) is 0 Å². The van der Waals surface area contributed by atoms with E-state index in [0.29, 0.717) is 17.8 Å². The van der Waals surface area contributed by atoms with Crippen molar-refractivity contribution in [2.75, 3.05) is 28.6 Å². The van der Waals surface area contributed by atoms with Gasteiger partial charge in [-0.2, -0.15) is 0 Å². The molecule has 4 rings (SSSR count). The van der Waals surface area contributed by atoms with E-state index in [0.717, 1.165) is 22.1 Å². The molecular weight excluding hydrogens is 398 g/mol. The van der Waals surface area contributed by atoms with Crippen LogP contribution >= 0.6 is 0 Å². The third-order valence-corrected chi connectivity index (χ3v) is 5.25. The quantitative estimate of drug-likeness (QED) is 0.409. The first-order chi connectivity index (χ1) is 15.6. The Morgan fingerprint density at radius 1 is 0.750 bits per heavy atom. The fourth-order valence-corrected chi connectivity index (χ4v) is 3.59. The van der Waals surface area contributed by atoms with E-state index in [1.54, 1.807) is 29.2 Å². The van der Waals surface area contributed by atoms with Gasteiger partial charge in [0.1, 0.15) is 0 Å². The molecular formula is C27H25N3O2. The van der Waals surface area contributed by atoms with Crippen LogP contribution in [0.1, 0.15) is 17.3 Å². The molecule has 0 aliphatic heterocycles. The van der Waals surface area contributed by atoms with Crippen LogP contribution in [0.4, 0.5) is 17.1 Å². The molecule has 5 heteroatoms. The molecule has 5 nitrogen and oxygen atoms in total. The van der Waals surface area contributed by atoms with Gasteiger partial charge in [-0.15, -0.1) is 0 Å². The van der Waals surface area contributed by atoms with E-state index in [1.165, 1.54) is 0 Å². The Hall–Kier alpha value is -4.12. The van der Waals surface area contributed by atoms with Crippen LogP contribution in [0.15, 0.2) is 97.1 Å². The first-order valence-corrected chi connectivity index (χ1v) is 10.6. The van der Waals surface area contributed by atoms with Crippen molar-refractivity contribution in [2.24, 2.45) is 0 Å². The molecule has 2 N–H and O–H groups in total. The molecule has 0 heterocycles. The highest BCUT2D eigenvalue weighted by Crippen LogP contribution is 2.20. The zero-order valence-corrected chi connectivity index (χ0v) is 17.9. The van der Waals surface area contributed by atoms with Crippen LogP contribution < -0.4 is 15.5 Å². The zero-order valence-electron chi connectivity index (χ0n) is 17.9. The lowest BCUT2D eigenvalue weighted by atomic mass is 10.1. The molecule has 0 radical (unpaired) electrons. The predicted octanol–water partition coefficient (Wildman–Crippen LogP) is 5.56. The zero-order chi connectivity index (χ0) is 22.3. The van der Waals surface area contributed by atoms with Crippen molar-refractivity contribution in [1.29, 1.82) is 0 Å². The van der Waals surface area contributed by atoms with E-state index in [1.807, 2.05) is 73.7 Å². The molecule has 0 bridgehead atoms. The first kappa shape index (κ1) is 21.1. The van der Waals surface area contributed by atoms with Gasteiger partial charge in [0.2, 0.25) is 5.91 Å². The lowest BCUT2D eigenvalue weighted by Crippen LogP contribution is -2.30. The third-order valence-electron chi connectivity index (χ3n) is 5.25. The molecule has 160 valence electrons. The molecule has 0 fully saturated rings. The van der Waals surface area contributed by atoms with Crippen LogP contribution in [0, 0.1) is 0 Å². The van der Waals surface area contributed by atoms with E-state index in [9.17, 15) is 9.59 Å². The molecule has 0 atom stereocenters. The fourth-order valence-electron chi connectivity index (χ4n) is 3.59. The number of carbonyl (C=O) groups is 2. The van der Waals surface area contributed by atoms with Crippen LogP contribution in [-0.2, 0) is 4.79 Å². The Morgan fingerprint density at radius 2 is 1.41 bits per heavy atom. The molecule has 0 aliphatic rings. The normalized spacial score (nSPS) is 10.5. The topological polar surface area (TPSA) is 61.4 Å². The van der Waals surface area contributed by atoms with Crippen molar-refractivity contribution in [3.63, 3.8) is 0 Å². The van der Waals surface area contributed by atoms with Crippen molar-refractivity contribution in [2.45, 2.75) is 6.92 Å². The van der Waals surface area contributed by atoms with Gasteiger partial charge in [-0.1, -0.05) is 48.5 Å². The summed E-state index contributed by atoms with van der Waals surface area (Å²) >= 11 is 0. The van der Waals surface area contributed by atoms with Crippen LogP contribution in [0.5, 0.6) is 0 Å². The summed E-state index contributed by atoms with van der Waals surface area (Å²) in [4.78, 5) is 27.0. The molecule has 0 aromatic heterocycles. The summed E-state index contributed by atoms with van der Waals surface area (Å²) in [5.41, 5.74) is 2.97. The number of hydrogen-bond acceptors (Lipinski definition) is 3. The van der Waals surface area contributed by atoms with Crippen molar-refractivity contribution < 1.29 is 9.59 Å². The molecule has 2 amide bonds. The van der Waals surface area contributed by atoms with Gasteiger partial charge in [0, 0.05) is 29.2 Å². The van der Waals surface area contributed by atoms with E-state index >= 15 is 0 Å². The summed E-state index contributed by atoms with van der Waals surface area (Å²) in [5.74, 6) is -0.230. The number of rotatable bonds is 7. The molecule has 0 saturated heterocycles. The van der Waals surface area contributed by atoms with E-state index < -0.39 is 0 Å². The summed E-state index contributed by atoms with van der Waals surface area (Å²) in [6.07, 6.45) is 0. The van der Waals surface area contributed by atoms with Crippen LogP contribution in [0.3, 0.4) is 0 Å². The molecule has 4 aromatic carbocycles. The van der Waals surface area contributed by atoms with Gasteiger partial charge in [-0.25, -0.2) is 0 Å². The van der Waals surface area contributed by atoms with E-state index in [4.69, 9.17) is 0 Å². The van der Waals surface area contributed by atoms with Gasteiger partial charge < -0.3 is 15.5 Å². The molecule has 0 saturated carbocycles. The highest BCUT2D eigenvalue weighted by atomic mass is 16.2. The third kappa shape index (κ3) is 4.95. The van der Waals surface area contributed by atoms with Gasteiger partial charge in [0.05, 0.1) is 6.54 Å². The highest BCUT2D eigenvalue weighted by molar-refractivity contribution is 6.06. The Balaban J connectivity index is 1.35. The smallest absolute Gasteiger partial charge is 0.258 e. The number of anilines is 3. The molecule has 0 aliphatic carbocycles. The predicted molar refractivity (Wildman–Crippen MR) is 131 cm³/mol. The number of hydrogen-bond donors (Lipinski definition) is 2. The highest BCUT2D eigenvalue weighted by Gasteiger charge is 2.15. The van der Waals surface area contributed by atoms with Gasteiger partial charge in [0.15, 0.2) is 0 Å². The van der Waals surface area contributed by atoms with Gasteiger partial charge >= 0.3 is 0 Å². The molecule has 0 unspecified atom stereocenters. The number of amides is 2. The van der Waals surface area contributed by atoms with E-state index in [2.05, 4.69) is 16.7 Å². The Labute approximate surface area is 187 Å². The number of para-hydroxylation sites is 1. The summed E-state index contributed by atoms with van der Waals surface area (Å²) in [6, 6.07) is 30.7. The maximum absolute atomic E-state index is 12.9. The number of nitrogens with zero attached hydrogens (tertiary/aromatic N) is 1. The van der Waals surface area contributed by atoms with Gasteiger partial charge in [-0.05, 0) is 66.2 Å². The van der Waals surface area contributed by atoms with Crippen molar-refractivity contribution in [3.05, 3.63) is 103 Å². The average molecular weight is 424 g/mol. The second-order valence-electron chi connectivity index (χ2n) is 7.43. The minimum atomic E-state index is -0.156.